The molecule has 2 aromatic rings. The van der Waals surface area contributed by atoms with E-state index in [4.69, 9.17) is 11.6 Å². The minimum atomic E-state index is 0.281. The smallest absolute Gasteiger partial charge is 0.0407 e. The van der Waals surface area contributed by atoms with Crippen molar-refractivity contribution < 1.29 is 0 Å². The van der Waals surface area contributed by atoms with Gasteiger partial charge in [-0.15, -0.1) is 11.6 Å². The van der Waals surface area contributed by atoms with E-state index in [0.29, 0.717) is 5.92 Å². The molecule has 2 aromatic carbocycles. The molecule has 0 aliphatic heterocycles. The molecule has 0 saturated heterocycles. The van der Waals surface area contributed by atoms with E-state index in [1.165, 1.54) is 35.6 Å². The van der Waals surface area contributed by atoms with Gasteiger partial charge in [0.2, 0.25) is 0 Å². The first-order valence-electron chi connectivity index (χ1n) is 7.36. The van der Waals surface area contributed by atoms with Crippen LogP contribution in [0.2, 0.25) is 0 Å². The van der Waals surface area contributed by atoms with Crippen LogP contribution in [0, 0.1) is 11.8 Å². The molecule has 1 aliphatic rings. The van der Waals surface area contributed by atoms with Crippen molar-refractivity contribution in [2.75, 3.05) is 0 Å². The average molecular weight is 273 g/mol. The number of benzene rings is 2. The second-order valence-corrected chi connectivity index (χ2v) is 6.49. The highest BCUT2D eigenvalue weighted by Gasteiger charge is 2.29. The van der Waals surface area contributed by atoms with Crippen molar-refractivity contribution in [1.82, 2.24) is 0 Å². The predicted octanol–water partition coefficient (Wildman–Crippen LogP) is 5.43. The van der Waals surface area contributed by atoms with E-state index in [2.05, 4.69) is 49.4 Å². The number of fused-ring (bicyclic) bond motifs is 1. The molecule has 0 N–H and O–H groups in total. The molecule has 1 fully saturated rings. The lowest BCUT2D eigenvalue weighted by molar-refractivity contribution is 0.399. The number of rotatable bonds is 3. The Kier molecular flexibility index (Phi) is 3.79. The van der Waals surface area contributed by atoms with Crippen LogP contribution in [0.5, 0.6) is 0 Å². The van der Waals surface area contributed by atoms with Crippen LogP contribution in [-0.4, -0.2) is 5.38 Å². The lowest BCUT2D eigenvalue weighted by atomic mass is 9.89. The maximum absolute atomic E-state index is 6.72. The fourth-order valence-corrected chi connectivity index (χ4v) is 4.08. The van der Waals surface area contributed by atoms with E-state index in [1.54, 1.807) is 0 Å². The van der Waals surface area contributed by atoms with Crippen molar-refractivity contribution in [3.63, 3.8) is 0 Å². The van der Waals surface area contributed by atoms with Crippen LogP contribution in [-0.2, 0) is 6.42 Å². The lowest BCUT2D eigenvalue weighted by Crippen LogP contribution is -2.19. The third-order valence-electron chi connectivity index (χ3n) is 4.69. The molecule has 0 amide bonds. The lowest BCUT2D eigenvalue weighted by Gasteiger charge is -2.22. The fourth-order valence-electron chi connectivity index (χ4n) is 3.54. The molecule has 0 bridgehead atoms. The molecule has 100 valence electrons. The minimum Gasteiger partial charge on any atom is -0.122 e. The van der Waals surface area contributed by atoms with E-state index in [-0.39, 0.29) is 5.38 Å². The largest absolute Gasteiger partial charge is 0.122 e. The maximum atomic E-state index is 6.72. The molecule has 0 heterocycles. The number of alkyl halides is 1. The van der Waals surface area contributed by atoms with Crippen LogP contribution in [0.3, 0.4) is 0 Å². The summed E-state index contributed by atoms with van der Waals surface area (Å²) in [4.78, 5) is 0. The normalized spacial score (nSPS) is 24.7. The van der Waals surface area contributed by atoms with E-state index < -0.39 is 0 Å². The molecule has 1 heteroatoms. The highest BCUT2D eigenvalue weighted by atomic mass is 35.5. The standard InChI is InChI=1S/C18H21Cl/c1-13-6-4-11-16(13)18(19)12-15-9-5-8-14-7-2-3-10-17(14)15/h2-3,5,7-10,13,16,18H,4,6,11-12H2,1H3. The molecular weight excluding hydrogens is 252 g/mol. The van der Waals surface area contributed by atoms with Crippen molar-refractivity contribution >= 4 is 22.4 Å². The third-order valence-corrected chi connectivity index (χ3v) is 5.17. The van der Waals surface area contributed by atoms with Gasteiger partial charge in [0, 0.05) is 5.38 Å². The maximum Gasteiger partial charge on any atom is 0.0407 e. The van der Waals surface area contributed by atoms with Gasteiger partial charge >= 0.3 is 0 Å². The highest BCUT2D eigenvalue weighted by Crippen LogP contribution is 2.37. The van der Waals surface area contributed by atoms with Gasteiger partial charge in [-0.25, -0.2) is 0 Å². The zero-order valence-electron chi connectivity index (χ0n) is 11.5. The second-order valence-electron chi connectivity index (χ2n) is 5.93. The Hall–Kier alpha value is -1.01. The Balaban J connectivity index is 1.85. The minimum absolute atomic E-state index is 0.281. The molecule has 1 aliphatic carbocycles. The SMILES string of the molecule is CC1CCCC1C(Cl)Cc1cccc2ccccc12. The molecule has 3 atom stereocenters. The van der Waals surface area contributed by atoms with Gasteiger partial charge in [-0.05, 0) is 41.0 Å². The van der Waals surface area contributed by atoms with Gasteiger partial charge in [0.15, 0.2) is 0 Å². The van der Waals surface area contributed by atoms with E-state index in [0.717, 1.165) is 12.3 Å². The van der Waals surface area contributed by atoms with E-state index in [1.807, 2.05) is 0 Å². The summed E-state index contributed by atoms with van der Waals surface area (Å²) in [5, 5.41) is 2.97. The number of hydrogen-bond acceptors (Lipinski definition) is 0. The molecular formula is C18H21Cl. The first-order chi connectivity index (χ1) is 9.25. The van der Waals surface area contributed by atoms with Gasteiger partial charge < -0.3 is 0 Å². The predicted molar refractivity (Wildman–Crippen MR) is 83.8 cm³/mol. The summed E-state index contributed by atoms with van der Waals surface area (Å²) < 4.78 is 0. The monoisotopic (exact) mass is 272 g/mol. The van der Waals surface area contributed by atoms with Gasteiger partial charge in [0.05, 0.1) is 0 Å². The van der Waals surface area contributed by atoms with Crippen molar-refractivity contribution in [2.24, 2.45) is 11.8 Å². The summed E-state index contributed by atoms with van der Waals surface area (Å²) in [5.41, 5.74) is 1.40. The fraction of sp³-hybridized carbons (Fsp3) is 0.444. The third kappa shape index (κ3) is 2.65. The summed E-state index contributed by atoms with van der Waals surface area (Å²) in [6, 6.07) is 15.2. The number of hydrogen-bond donors (Lipinski definition) is 0. The topological polar surface area (TPSA) is 0 Å². The van der Waals surface area contributed by atoms with Gasteiger partial charge in [-0.3, -0.25) is 0 Å². The Bertz CT molecular complexity index is 555. The molecule has 0 nitrogen and oxygen atoms in total. The first-order valence-corrected chi connectivity index (χ1v) is 7.80. The second kappa shape index (κ2) is 5.54. The molecule has 0 spiro atoms. The van der Waals surface area contributed by atoms with Crippen molar-refractivity contribution in [3.8, 4) is 0 Å². The molecule has 19 heavy (non-hydrogen) atoms. The van der Waals surface area contributed by atoms with Crippen LogP contribution in [0.4, 0.5) is 0 Å². The van der Waals surface area contributed by atoms with Gasteiger partial charge in [0.1, 0.15) is 0 Å². The molecule has 0 aromatic heterocycles. The zero-order chi connectivity index (χ0) is 13.2. The highest BCUT2D eigenvalue weighted by molar-refractivity contribution is 6.21. The Morgan fingerprint density at radius 2 is 1.89 bits per heavy atom. The quantitative estimate of drug-likeness (QED) is 0.654. The van der Waals surface area contributed by atoms with Gasteiger partial charge in [0.25, 0.3) is 0 Å². The van der Waals surface area contributed by atoms with Crippen LogP contribution in [0.25, 0.3) is 10.8 Å². The average Bonchev–Trinajstić information content (AvgIpc) is 2.85. The molecule has 3 rings (SSSR count). The van der Waals surface area contributed by atoms with Gasteiger partial charge in [-0.2, -0.15) is 0 Å². The zero-order valence-corrected chi connectivity index (χ0v) is 12.2. The molecule has 0 radical (unpaired) electrons. The van der Waals surface area contributed by atoms with E-state index in [9.17, 15) is 0 Å². The van der Waals surface area contributed by atoms with Gasteiger partial charge in [-0.1, -0.05) is 62.2 Å². The summed E-state index contributed by atoms with van der Waals surface area (Å²) in [6.45, 7) is 2.36. The van der Waals surface area contributed by atoms with E-state index >= 15 is 0 Å². The van der Waals surface area contributed by atoms with Crippen LogP contribution in [0.1, 0.15) is 31.7 Å². The van der Waals surface area contributed by atoms with Crippen LogP contribution >= 0.6 is 11.6 Å². The van der Waals surface area contributed by atoms with Crippen LogP contribution < -0.4 is 0 Å². The summed E-state index contributed by atoms with van der Waals surface area (Å²) >= 11 is 6.72. The Labute approximate surface area is 120 Å². The Morgan fingerprint density at radius 3 is 2.68 bits per heavy atom. The van der Waals surface area contributed by atoms with Crippen LogP contribution in [0.15, 0.2) is 42.5 Å². The number of halogens is 1. The van der Waals surface area contributed by atoms with Crippen molar-refractivity contribution in [2.45, 2.75) is 38.0 Å². The molecule has 1 saturated carbocycles. The summed E-state index contributed by atoms with van der Waals surface area (Å²) in [5.74, 6) is 1.48. The summed E-state index contributed by atoms with van der Waals surface area (Å²) in [7, 11) is 0. The first kappa shape index (κ1) is 13.0. The summed E-state index contributed by atoms with van der Waals surface area (Å²) in [6.07, 6.45) is 5.01. The van der Waals surface area contributed by atoms with Crippen molar-refractivity contribution in [1.29, 1.82) is 0 Å². The van der Waals surface area contributed by atoms with Crippen molar-refractivity contribution in [3.05, 3.63) is 48.0 Å². The Morgan fingerprint density at radius 1 is 1.11 bits per heavy atom. The molecule has 3 unspecified atom stereocenters.